The second-order valence-corrected chi connectivity index (χ2v) is 4.30. The minimum Gasteiger partial charge on any atom is -0.300 e. The van der Waals surface area contributed by atoms with Crippen molar-refractivity contribution in [2.75, 3.05) is 0 Å². The lowest BCUT2D eigenvalue weighted by Crippen LogP contribution is -2.22. The largest absolute Gasteiger partial charge is 0.300 e. The lowest BCUT2D eigenvalue weighted by Gasteiger charge is -2.16. The number of hydrogen-bond acceptors (Lipinski definition) is 5. The molecule has 2 N–H and O–H groups in total. The third-order valence-electron chi connectivity index (χ3n) is 2.22. The molecule has 0 bridgehead atoms. The van der Waals surface area contributed by atoms with Crippen LogP contribution in [0.5, 0.6) is 0 Å². The van der Waals surface area contributed by atoms with E-state index in [1.54, 1.807) is 11.3 Å². The number of aromatic amines is 1. The average Bonchev–Trinajstić information content (AvgIpc) is 2.91. The Kier molecular flexibility index (Phi) is 3.08. The van der Waals surface area contributed by atoms with Gasteiger partial charge in [0.25, 0.3) is 0 Å². The van der Waals surface area contributed by atoms with Crippen LogP contribution in [0.1, 0.15) is 36.6 Å². The minimum atomic E-state index is 0.157. The number of nitrogens with one attached hydrogen (secondary N) is 2. The second-order valence-electron chi connectivity index (χ2n) is 3.38. The van der Waals surface area contributed by atoms with Crippen LogP contribution in [0.15, 0.2) is 18.0 Å². The van der Waals surface area contributed by atoms with Crippen molar-refractivity contribution in [1.29, 1.82) is 0 Å². The molecule has 0 radical (unpaired) electrons. The molecule has 2 aromatic heterocycles. The molecular formula is C9H13N5S. The number of nitrogens with zero attached hydrogens (tertiary/aromatic N) is 3. The molecule has 0 saturated heterocycles. The van der Waals surface area contributed by atoms with Gasteiger partial charge in [0.15, 0.2) is 0 Å². The van der Waals surface area contributed by atoms with Gasteiger partial charge in [0, 0.05) is 17.1 Å². The van der Waals surface area contributed by atoms with Crippen molar-refractivity contribution in [3.63, 3.8) is 0 Å². The Morgan fingerprint density at radius 3 is 2.87 bits per heavy atom. The Balaban J connectivity index is 1.98. The maximum absolute atomic E-state index is 4.11. The predicted octanol–water partition coefficient (Wildman–Crippen LogP) is 1.67. The fraction of sp³-hybridized carbons (Fsp3) is 0.444. The monoisotopic (exact) mass is 223 g/mol. The van der Waals surface area contributed by atoms with Crippen LogP contribution in [0.3, 0.4) is 0 Å². The standard InChI is InChI=1S/C9H13N5S/c1-6(8-3-10-5-15-8)13-7(2)9-11-4-12-14-9/h3-7,13H,1-2H3,(H,11,12,14). The lowest BCUT2D eigenvalue weighted by atomic mass is 10.2. The summed E-state index contributed by atoms with van der Waals surface area (Å²) in [4.78, 5) is 9.39. The number of aromatic nitrogens is 4. The molecule has 2 rings (SSSR count). The molecule has 2 unspecified atom stereocenters. The summed E-state index contributed by atoms with van der Waals surface area (Å²) in [6.07, 6.45) is 3.40. The summed E-state index contributed by atoms with van der Waals surface area (Å²) in [7, 11) is 0. The van der Waals surface area contributed by atoms with Crippen molar-refractivity contribution < 1.29 is 0 Å². The number of thiazole rings is 1. The summed E-state index contributed by atoms with van der Waals surface area (Å²) in [6.45, 7) is 4.17. The van der Waals surface area contributed by atoms with Crippen molar-refractivity contribution >= 4 is 11.3 Å². The molecule has 0 aromatic carbocycles. The molecule has 15 heavy (non-hydrogen) atoms. The Labute approximate surface area is 92.0 Å². The molecule has 0 amide bonds. The first kappa shape index (κ1) is 10.3. The normalized spacial score (nSPS) is 15.1. The van der Waals surface area contributed by atoms with Gasteiger partial charge in [-0.3, -0.25) is 10.1 Å². The molecule has 0 aliphatic rings. The van der Waals surface area contributed by atoms with E-state index in [0.717, 1.165) is 5.82 Å². The number of hydrogen-bond donors (Lipinski definition) is 2. The van der Waals surface area contributed by atoms with Crippen LogP contribution in [0, 0.1) is 0 Å². The van der Waals surface area contributed by atoms with Gasteiger partial charge in [-0.2, -0.15) is 5.10 Å². The lowest BCUT2D eigenvalue weighted by molar-refractivity contribution is 0.482. The van der Waals surface area contributed by atoms with Crippen molar-refractivity contribution in [2.45, 2.75) is 25.9 Å². The van der Waals surface area contributed by atoms with E-state index in [1.807, 2.05) is 11.7 Å². The molecule has 5 nitrogen and oxygen atoms in total. The maximum Gasteiger partial charge on any atom is 0.141 e. The van der Waals surface area contributed by atoms with Gasteiger partial charge in [-0.15, -0.1) is 11.3 Å². The molecule has 0 fully saturated rings. The maximum atomic E-state index is 4.11. The first-order valence-electron chi connectivity index (χ1n) is 4.77. The Morgan fingerprint density at radius 2 is 2.27 bits per heavy atom. The predicted molar refractivity (Wildman–Crippen MR) is 58.5 cm³/mol. The summed E-state index contributed by atoms with van der Waals surface area (Å²) in [5.41, 5.74) is 1.84. The third-order valence-corrected chi connectivity index (χ3v) is 3.18. The number of rotatable bonds is 4. The Bertz CT molecular complexity index is 344. The van der Waals surface area contributed by atoms with Gasteiger partial charge >= 0.3 is 0 Å². The third kappa shape index (κ3) is 2.40. The van der Waals surface area contributed by atoms with E-state index in [1.165, 1.54) is 11.2 Å². The summed E-state index contributed by atoms with van der Waals surface area (Å²) in [5.74, 6) is 0.853. The van der Waals surface area contributed by atoms with Crippen LogP contribution in [-0.2, 0) is 0 Å². The molecule has 0 aliphatic heterocycles. The van der Waals surface area contributed by atoms with Gasteiger partial charge in [-0.05, 0) is 13.8 Å². The topological polar surface area (TPSA) is 66.5 Å². The van der Waals surface area contributed by atoms with Crippen molar-refractivity contribution in [3.8, 4) is 0 Å². The van der Waals surface area contributed by atoms with E-state index < -0.39 is 0 Å². The zero-order valence-electron chi connectivity index (χ0n) is 8.64. The summed E-state index contributed by atoms with van der Waals surface area (Å²) < 4.78 is 0. The smallest absolute Gasteiger partial charge is 0.141 e. The van der Waals surface area contributed by atoms with Crippen LogP contribution in [0.4, 0.5) is 0 Å². The fourth-order valence-electron chi connectivity index (χ4n) is 1.40. The quantitative estimate of drug-likeness (QED) is 0.827. The second kappa shape index (κ2) is 4.50. The highest BCUT2D eigenvalue weighted by molar-refractivity contribution is 7.09. The molecule has 0 spiro atoms. The van der Waals surface area contributed by atoms with Crippen LogP contribution >= 0.6 is 11.3 Å². The number of H-pyrrole nitrogens is 1. The van der Waals surface area contributed by atoms with Crippen molar-refractivity contribution in [2.24, 2.45) is 0 Å². The van der Waals surface area contributed by atoms with E-state index in [0.29, 0.717) is 0 Å². The van der Waals surface area contributed by atoms with Gasteiger partial charge in [-0.25, -0.2) is 4.98 Å². The average molecular weight is 223 g/mol. The zero-order chi connectivity index (χ0) is 10.7. The van der Waals surface area contributed by atoms with Crippen molar-refractivity contribution in [1.82, 2.24) is 25.5 Å². The molecule has 2 heterocycles. The van der Waals surface area contributed by atoms with E-state index in [9.17, 15) is 0 Å². The summed E-state index contributed by atoms with van der Waals surface area (Å²) in [5, 5.41) is 10.1. The highest BCUT2D eigenvalue weighted by Crippen LogP contribution is 2.19. The molecule has 80 valence electrons. The molecular weight excluding hydrogens is 210 g/mol. The summed E-state index contributed by atoms with van der Waals surface area (Å²) >= 11 is 1.65. The Hall–Kier alpha value is -1.27. The highest BCUT2D eigenvalue weighted by atomic mass is 32.1. The van der Waals surface area contributed by atoms with E-state index >= 15 is 0 Å². The van der Waals surface area contributed by atoms with Crippen molar-refractivity contribution in [3.05, 3.63) is 28.7 Å². The van der Waals surface area contributed by atoms with E-state index in [4.69, 9.17) is 0 Å². The first-order chi connectivity index (χ1) is 7.27. The van der Waals surface area contributed by atoms with Gasteiger partial charge in [-0.1, -0.05) is 0 Å². The van der Waals surface area contributed by atoms with Crippen LogP contribution in [-0.4, -0.2) is 20.2 Å². The van der Waals surface area contributed by atoms with Gasteiger partial charge in [0.05, 0.1) is 11.6 Å². The molecule has 0 aliphatic carbocycles. The van der Waals surface area contributed by atoms with Crippen LogP contribution in [0.2, 0.25) is 0 Å². The Morgan fingerprint density at radius 1 is 1.40 bits per heavy atom. The van der Waals surface area contributed by atoms with E-state index in [-0.39, 0.29) is 12.1 Å². The van der Waals surface area contributed by atoms with Crippen LogP contribution < -0.4 is 5.32 Å². The fourth-order valence-corrected chi connectivity index (χ4v) is 2.04. The SMILES string of the molecule is CC(NC(C)c1cncs1)c1ncn[nH]1. The summed E-state index contributed by atoms with van der Waals surface area (Å²) in [6, 6.07) is 0.433. The highest BCUT2D eigenvalue weighted by Gasteiger charge is 2.13. The minimum absolute atomic E-state index is 0.157. The van der Waals surface area contributed by atoms with Gasteiger partial charge in [0.2, 0.25) is 0 Å². The first-order valence-corrected chi connectivity index (χ1v) is 5.65. The zero-order valence-corrected chi connectivity index (χ0v) is 9.45. The molecule has 2 atom stereocenters. The molecule has 2 aromatic rings. The molecule has 6 heteroatoms. The van der Waals surface area contributed by atoms with E-state index in [2.05, 4.69) is 39.3 Å². The van der Waals surface area contributed by atoms with Gasteiger partial charge < -0.3 is 5.32 Å². The van der Waals surface area contributed by atoms with Crippen LogP contribution in [0.25, 0.3) is 0 Å². The van der Waals surface area contributed by atoms with Gasteiger partial charge in [0.1, 0.15) is 12.2 Å². The molecule has 0 saturated carbocycles.